The number of carboxylic acid groups (broad SMARTS) is 1. The predicted molar refractivity (Wildman–Crippen MR) is 273 cm³/mol. The van der Waals surface area contributed by atoms with Crippen LogP contribution in [0.2, 0.25) is 0 Å². The van der Waals surface area contributed by atoms with Crippen molar-refractivity contribution >= 4 is 62.7 Å². The summed E-state index contributed by atoms with van der Waals surface area (Å²) >= 11 is 0. The van der Waals surface area contributed by atoms with Crippen molar-refractivity contribution in [3.05, 3.63) is 127 Å². The summed E-state index contributed by atoms with van der Waals surface area (Å²) in [5, 5.41) is 31.1. The molecule has 0 spiro atoms. The molecular weight excluding hydrogens is 951 g/mol. The van der Waals surface area contributed by atoms with Gasteiger partial charge in [-0.1, -0.05) is 0 Å². The van der Waals surface area contributed by atoms with Gasteiger partial charge < -0.3 is 25.5 Å². The minimum atomic E-state index is -0.889. The van der Waals surface area contributed by atoms with E-state index < -0.39 is 5.97 Å². The van der Waals surface area contributed by atoms with Gasteiger partial charge in [-0.05, 0) is 124 Å². The summed E-state index contributed by atoms with van der Waals surface area (Å²) in [7, 11) is 0. The lowest BCUT2D eigenvalue weighted by Gasteiger charge is -2.40. The highest BCUT2D eigenvalue weighted by Crippen LogP contribution is 2.31. The first-order chi connectivity index (χ1) is 35.9. The molecule has 8 aromatic rings. The van der Waals surface area contributed by atoms with Gasteiger partial charge in [-0.15, -0.1) is 0 Å². The molecule has 4 aromatic carbocycles. The largest absolute Gasteiger partial charge is 0.480 e. The minimum Gasteiger partial charge on any atom is -0.480 e. The Morgan fingerprint density at radius 1 is 0.649 bits per heavy atom. The van der Waals surface area contributed by atoms with Gasteiger partial charge in [-0.3, -0.25) is 39.2 Å². The van der Waals surface area contributed by atoms with Gasteiger partial charge in [-0.2, -0.15) is 10.2 Å². The third-order valence-corrected chi connectivity index (χ3v) is 13.6. The first-order valence-electron chi connectivity index (χ1n) is 24.3. The highest BCUT2D eigenvalue weighted by Gasteiger charge is 2.34. The Labute approximate surface area is 423 Å². The molecule has 4 aromatic heterocycles. The van der Waals surface area contributed by atoms with Crippen molar-refractivity contribution in [2.24, 2.45) is 11.8 Å². The maximum Gasteiger partial charge on any atom is 0.317 e. The van der Waals surface area contributed by atoms with Gasteiger partial charge in [0.25, 0.3) is 0 Å². The van der Waals surface area contributed by atoms with Crippen molar-refractivity contribution in [2.75, 3.05) is 74.4 Å². The molecule has 11 rings (SSSR count). The molecule has 3 fully saturated rings. The summed E-state index contributed by atoms with van der Waals surface area (Å²) < 4.78 is 26.6. The SMILES string of the molecule is C[C@@H]1CN(c2cnc(-c3ncccn3)cn2)CCN1C(=O)CN1CC[C@@H](C(=O)Nc2ccc3[nH]nc(-c4ccc(F)cc4)c3c2)C1.O=C(O)CN1CC[C@@H](C(=O)Nc2ccc3[nH]nc(-c4ccc(F)cc4)c3c2)C1. The van der Waals surface area contributed by atoms with Crippen molar-refractivity contribution in [2.45, 2.75) is 25.8 Å². The van der Waals surface area contributed by atoms with Crippen LogP contribution in [0.25, 0.3) is 55.8 Å². The number of likely N-dealkylation sites (tertiary alicyclic amines) is 2. The van der Waals surface area contributed by atoms with E-state index in [1.54, 1.807) is 66.1 Å². The van der Waals surface area contributed by atoms with E-state index in [1.165, 1.54) is 24.3 Å². The molecule has 0 aliphatic carbocycles. The van der Waals surface area contributed by atoms with Crippen molar-refractivity contribution < 1.29 is 33.1 Å². The highest BCUT2D eigenvalue weighted by atomic mass is 19.1. The van der Waals surface area contributed by atoms with E-state index in [1.807, 2.05) is 42.2 Å². The van der Waals surface area contributed by atoms with Crippen LogP contribution < -0.4 is 15.5 Å². The van der Waals surface area contributed by atoms with Crippen LogP contribution in [0.1, 0.15) is 19.8 Å². The zero-order chi connectivity index (χ0) is 51.3. The van der Waals surface area contributed by atoms with Gasteiger partial charge >= 0.3 is 5.97 Å². The molecular formula is C53H52F2N14O5. The lowest BCUT2D eigenvalue weighted by Crippen LogP contribution is -2.56. The molecule has 0 saturated carbocycles. The van der Waals surface area contributed by atoms with E-state index in [4.69, 9.17) is 5.11 Å². The van der Waals surface area contributed by atoms with Gasteiger partial charge in [0.05, 0.1) is 59.7 Å². The lowest BCUT2D eigenvalue weighted by atomic mass is 10.1. The number of halogens is 2. The smallest absolute Gasteiger partial charge is 0.317 e. The second-order valence-corrected chi connectivity index (χ2v) is 18.7. The van der Waals surface area contributed by atoms with Gasteiger partial charge in [0, 0.05) is 84.4 Å². The number of nitrogens with one attached hydrogen (secondary N) is 4. The summed E-state index contributed by atoms with van der Waals surface area (Å²) in [6.07, 6.45) is 8.05. The van der Waals surface area contributed by atoms with Crippen molar-refractivity contribution in [1.82, 2.24) is 55.0 Å². The predicted octanol–water partition coefficient (Wildman–Crippen LogP) is 6.33. The fourth-order valence-corrected chi connectivity index (χ4v) is 9.75. The zero-order valence-corrected chi connectivity index (χ0v) is 40.3. The number of carboxylic acids is 1. The second kappa shape index (κ2) is 21.7. The van der Waals surface area contributed by atoms with E-state index in [2.05, 4.69) is 60.8 Å². The summed E-state index contributed by atoms with van der Waals surface area (Å²) in [4.78, 5) is 75.3. The Morgan fingerprint density at radius 2 is 1.19 bits per heavy atom. The number of rotatable bonds is 12. The minimum absolute atomic E-state index is 0.000444. The standard InChI is InChI=1S/C33H33FN10O2.C20H19FN4O3/c1-21-18-43(29-17-37-28(16-38-29)32-35-10-2-11-36-32)13-14-44(21)30(45)20-42-12-9-23(19-42)33(46)39-25-7-8-27-26(15-25)31(41-40-27)22-3-5-24(34)6-4-22;21-14-3-1-12(2-4-14)19-16-9-15(5-6-17(16)23-24-19)22-20(28)13-7-8-25(10-13)11-18(26)27/h2-8,10-11,15-17,21,23H,9,12-14,18-20H2,1H3,(H,39,46)(H,40,41);1-6,9,13H,7-8,10-11H2,(H,22,28)(H,23,24)(H,26,27)/t21-,23-;13-/m11/s1. The maximum atomic E-state index is 13.4. The fraction of sp³-hybridized carbons (Fsp3) is 0.283. The monoisotopic (exact) mass is 1000 g/mol. The third kappa shape index (κ3) is 11.2. The molecule has 3 saturated heterocycles. The van der Waals surface area contributed by atoms with Crippen LogP contribution in [0.5, 0.6) is 0 Å². The number of piperazine rings is 1. The molecule has 19 nitrogen and oxygen atoms in total. The van der Waals surface area contributed by atoms with E-state index in [0.717, 1.165) is 38.8 Å². The Balaban J connectivity index is 0.000000191. The fourth-order valence-electron chi connectivity index (χ4n) is 9.75. The Morgan fingerprint density at radius 3 is 1.69 bits per heavy atom. The quantitative estimate of drug-likeness (QED) is 0.0901. The zero-order valence-electron chi connectivity index (χ0n) is 40.3. The second-order valence-electron chi connectivity index (χ2n) is 18.7. The topological polar surface area (TPSA) is 234 Å². The molecule has 0 bridgehead atoms. The molecule has 3 aliphatic rings. The number of carbonyl (C=O) groups is 4. The number of benzene rings is 4. The Bertz CT molecular complexity index is 3300. The van der Waals surface area contributed by atoms with Crippen LogP contribution in [-0.2, 0) is 19.2 Å². The average Bonchev–Trinajstić information content (AvgIpc) is 4.25. The number of anilines is 3. The molecule has 74 heavy (non-hydrogen) atoms. The van der Waals surface area contributed by atoms with Crippen LogP contribution in [0.3, 0.4) is 0 Å². The average molecular weight is 1000 g/mol. The molecule has 0 radical (unpaired) electrons. The van der Waals surface area contributed by atoms with Gasteiger partial charge in [0.1, 0.15) is 23.1 Å². The van der Waals surface area contributed by atoms with E-state index >= 15 is 0 Å². The molecule has 5 N–H and O–H groups in total. The van der Waals surface area contributed by atoms with Gasteiger partial charge in [-0.25, -0.2) is 28.7 Å². The number of aromatic amines is 2. The molecule has 7 heterocycles. The first kappa shape index (κ1) is 49.0. The number of aromatic nitrogens is 8. The molecule has 3 atom stereocenters. The van der Waals surface area contributed by atoms with E-state index in [-0.39, 0.29) is 60.3 Å². The number of hydrogen-bond donors (Lipinski definition) is 5. The number of amides is 3. The highest BCUT2D eigenvalue weighted by molar-refractivity contribution is 6.00. The number of aliphatic carboxylic acids is 1. The van der Waals surface area contributed by atoms with Crippen LogP contribution in [-0.4, -0.2) is 149 Å². The van der Waals surface area contributed by atoms with Gasteiger partial charge in [0.15, 0.2) is 5.82 Å². The molecule has 3 aliphatic heterocycles. The number of fused-ring (bicyclic) bond motifs is 2. The van der Waals surface area contributed by atoms with Crippen molar-refractivity contribution in [3.8, 4) is 34.0 Å². The Kier molecular flexibility index (Phi) is 14.3. The van der Waals surface area contributed by atoms with Crippen LogP contribution >= 0.6 is 0 Å². The Hall–Kier alpha value is -8.56. The van der Waals surface area contributed by atoms with E-state index in [9.17, 15) is 28.0 Å². The molecule has 378 valence electrons. The maximum absolute atomic E-state index is 13.4. The van der Waals surface area contributed by atoms with Crippen molar-refractivity contribution in [3.63, 3.8) is 0 Å². The summed E-state index contributed by atoms with van der Waals surface area (Å²) in [6.45, 7) is 6.40. The molecule has 0 unspecified atom stereocenters. The van der Waals surface area contributed by atoms with Crippen LogP contribution in [0, 0.1) is 23.5 Å². The van der Waals surface area contributed by atoms with Crippen LogP contribution in [0.15, 0.2) is 116 Å². The van der Waals surface area contributed by atoms with E-state index in [0.29, 0.717) is 92.9 Å². The normalized spacial score (nSPS) is 18.1. The third-order valence-electron chi connectivity index (χ3n) is 13.6. The molecule has 3 amide bonds. The number of hydrogen-bond acceptors (Lipinski definition) is 13. The lowest BCUT2D eigenvalue weighted by molar-refractivity contribution is -0.138. The summed E-state index contributed by atoms with van der Waals surface area (Å²) in [5.74, 6) is -0.829. The van der Waals surface area contributed by atoms with Crippen LogP contribution in [0.4, 0.5) is 26.0 Å². The van der Waals surface area contributed by atoms with Crippen molar-refractivity contribution in [1.29, 1.82) is 0 Å². The number of nitrogens with zero attached hydrogens (tertiary/aromatic N) is 10. The first-order valence-corrected chi connectivity index (χ1v) is 24.3. The number of carbonyl (C=O) groups excluding carboxylic acids is 3. The molecule has 21 heteroatoms. The number of H-pyrrole nitrogens is 2. The van der Waals surface area contributed by atoms with Gasteiger partial charge in [0.2, 0.25) is 17.7 Å². The summed E-state index contributed by atoms with van der Waals surface area (Å²) in [5.41, 5.74) is 6.47. The summed E-state index contributed by atoms with van der Waals surface area (Å²) in [6, 6.07) is 25.0.